The summed E-state index contributed by atoms with van der Waals surface area (Å²) in [6.45, 7) is 2.72. The Bertz CT molecular complexity index is 374. The third-order valence-electron chi connectivity index (χ3n) is 2.92. The molecule has 1 saturated heterocycles. The molecule has 0 aromatic heterocycles. The summed E-state index contributed by atoms with van der Waals surface area (Å²) >= 11 is 0. The molecule has 2 unspecified atom stereocenters. The van der Waals surface area contributed by atoms with Crippen LogP contribution in [0.3, 0.4) is 0 Å². The highest BCUT2D eigenvalue weighted by molar-refractivity contribution is 5.73. The summed E-state index contributed by atoms with van der Waals surface area (Å²) in [6, 6.07) is 9.91. The van der Waals surface area contributed by atoms with E-state index in [1.165, 1.54) is 6.92 Å². The van der Waals surface area contributed by atoms with E-state index in [1.807, 2.05) is 30.3 Å². The Hall–Kier alpha value is -1.39. The van der Waals surface area contributed by atoms with Crippen molar-refractivity contribution in [2.24, 2.45) is 0 Å². The van der Waals surface area contributed by atoms with Crippen molar-refractivity contribution in [3.05, 3.63) is 35.9 Å². The van der Waals surface area contributed by atoms with E-state index in [0.717, 1.165) is 25.0 Å². The van der Waals surface area contributed by atoms with Crippen LogP contribution in [0.5, 0.6) is 0 Å². The molecule has 1 aliphatic heterocycles. The van der Waals surface area contributed by atoms with E-state index in [9.17, 15) is 4.79 Å². The van der Waals surface area contributed by atoms with Crippen LogP contribution in [0.4, 0.5) is 0 Å². The summed E-state index contributed by atoms with van der Waals surface area (Å²) in [5.74, 6) is -0.0939. The van der Waals surface area contributed by atoms with Crippen molar-refractivity contribution in [2.45, 2.75) is 38.7 Å². The minimum Gasteiger partial charge on any atom is -0.374 e. The monoisotopic (exact) mass is 249 g/mol. The Morgan fingerprint density at radius 1 is 1.50 bits per heavy atom. The fraction of sp³-hybridized carbons (Fsp3) is 0.500. The largest absolute Gasteiger partial charge is 0.374 e. The van der Waals surface area contributed by atoms with E-state index in [2.05, 4.69) is 5.32 Å². The van der Waals surface area contributed by atoms with Crippen molar-refractivity contribution < 1.29 is 14.3 Å². The lowest BCUT2D eigenvalue weighted by Gasteiger charge is -2.23. The molecule has 1 fully saturated rings. The molecule has 1 aromatic carbocycles. The first-order valence-corrected chi connectivity index (χ1v) is 6.30. The molecule has 0 spiro atoms. The maximum absolute atomic E-state index is 11.2. The third-order valence-corrected chi connectivity index (χ3v) is 2.92. The first-order valence-electron chi connectivity index (χ1n) is 6.30. The zero-order valence-electron chi connectivity index (χ0n) is 10.6. The van der Waals surface area contributed by atoms with Gasteiger partial charge in [0.2, 0.25) is 5.91 Å². The third kappa shape index (κ3) is 3.82. The number of nitrogens with one attached hydrogen (secondary N) is 1. The molecule has 1 aromatic rings. The van der Waals surface area contributed by atoms with Gasteiger partial charge in [-0.15, -0.1) is 0 Å². The molecule has 0 aliphatic carbocycles. The zero-order chi connectivity index (χ0) is 12.8. The molecule has 0 saturated carbocycles. The summed E-state index contributed by atoms with van der Waals surface area (Å²) in [7, 11) is 0. The van der Waals surface area contributed by atoms with Gasteiger partial charge in [-0.05, 0) is 18.4 Å². The fourth-order valence-electron chi connectivity index (χ4n) is 2.04. The molecular weight excluding hydrogens is 230 g/mol. The van der Waals surface area contributed by atoms with Gasteiger partial charge in [0.25, 0.3) is 0 Å². The summed E-state index contributed by atoms with van der Waals surface area (Å²) < 4.78 is 11.3. The second-order valence-corrected chi connectivity index (χ2v) is 4.47. The smallest absolute Gasteiger partial charge is 0.218 e. The topological polar surface area (TPSA) is 47.6 Å². The Balaban J connectivity index is 1.90. The van der Waals surface area contributed by atoms with Crippen LogP contribution < -0.4 is 5.32 Å². The summed E-state index contributed by atoms with van der Waals surface area (Å²) in [4.78, 5) is 11.2. The van der Waals surface area contributed by atoms with Gasteiger partial charge in [0.1, 0.15) is 6.10 Å². The molecule has 2 atom stereocenters. The predicted molar refractivity (Wildman–Crippen MR) is 67.8 cm³/mol. The van der Waals surface area contributed by atoms with Crippen molar-refractivity contribution in [3.63, 3.8) is 0 Å². The molecule has 1 amide bonds. The minimum atomic E-state index is -0.356. The molecule has 18 heavy (non-hydrogen) atoms. The van der Waals surface area contributed by atoms with Gasteiger partial charge < -0.3 is 14.8 Å². The van der Waals surface area contributed by atoms with E-state index < -0.39 is 0 Å². The van der Waals surface area contributed by atoms with Gasteiger partial charge in [-0.25, -0.2) is 0 Å². The van der Waals surface area contributed by atoms with Crippen molar-refractivity contribution in [1.82, 2.24) is 5.32 Å². The van der Waals surface area contributed by atoms with Crippen molar-refractivity contribution >= 4 is 5.91 Å². The highest BCUT2D eigenvalue weighted by atomic mass is 16.6. The molecule has 2 rings (SSSR count). The van der Waals surface area contributed by atoms with Crippen LogP contribution in [0, 0.1) is 0 Å². The Morgan fingerprint density at radius 3 is 2.89 bits per heavy atom. The minimum absolute atomic E-state index is 0.0300. The average Bonchev–Trinajstić information content (AvgIpc) is 2.89. The molecule has 1 heterocycles. The second-order valence-electron chi connectivity index (χ2n) is 4.47. The lowest BCUT2D eigenvalue weighted by molar-refractivity contribution is -0.130. The van der Waals surface area contributed by atoms with Gasteiger partial charge in [-0.3, -0.25) is 4.79 Å². The maximum Gasteiger partial charge on any atom is 0.218 e. The van der Waals surface area contributed by atoms with Gasteiger partial charge in [0.15, 0.2) is 6.23 Å². The van der Waals surface area contributed by atoms with Gasteiger partial charge in [-0.1, -0.05) is 30.3 Å². The number of carbonyl (C=O) groups excluding carboxylic acids is 1. The molecule has 0 radical (unpaired) electrons. The lowest BCUT2D eigenvalue weighted by atomic mass is 10.2. The van der Waals surface area contributed by atoms with E-state index in [-0.39, 0.29) is 18.2 Å². The van der Waals surface area contributed by atoms with Crippen LogP contribution in [0.1, 0.15) is 25.3 Å². The number of benzene rings is 1. The molecule has 1 aliphatic rings. The summed E-state index contributed by atoms with van der Waals surface area (Å²) in [5, 5.41) is 2.81. The van der Waals surface area contributed by atoms with Crippen molar-refractivity contribution in [3.8, 4) is 0 Å². The molecule has 1 N–H and O–H groups in total. The van der Waals surface area contributed by atoms with Gasteiger partial charge in [-0.2, -0.15) is 0 Å². The molecule has 4 nitrogen and oxygen atoms in total. The van der Waals surface area contributed by atoms with Crippen LogP contribution in [0.25, 0.3) is 0 Å². The van der Waals surface area contributed by atoms with Crippen molar-refractivity contribution in [2.75, 3.05) is 6.61 Å². The van der Waals surface area contributed by atoms with E-state index >= 15 is 0 Å². The second kappa shape index (κ2) is 6.52. The van der Waals surface area contributed by atoms with Crippen LogP contribution in [0.2, 0.25) is 0 Å². The van der Waals surface area contributed by atoms with Crippen LogP contribution >= 0.6 is 0 Å². The number of hydrogen-bond acceptors (Lipinski definition) is 3. The normalized spacial score (nSPS) is 20.6. The molecule has 0 bridgehead atoms. The Morgan fingerprint density at radius 2 is 2.28 bits per heavy atom. The first-order chi connectivity index (χ1) is 8.75. The molecule has 4 heteroatoms. The predicted octanol–water partition coefficient (Wildman–Crippen LogP) is 1.84. The maximum atomic E-state index is 11.2. The van der Waals surface area contributed by atoms with Gasteiger partial charge >= 0.3 is 0 Å². The van der Waals surface area contributed by atoms with E-state index in [0.29, 0.717) is 6.61 Å². The zero-order valence-corrected chi connectivity index (χ0v) is 10.6. The first kappa shape index (κ1) is 13.1. The SMILES string of the molecule is CC(=O)NC(OCc1ccccc1)C1CCCO1. The van der Waals surface area contributed by atoms with E-state index in [1.54, 1.807) is 0 Å². The quantitative estimate of drug-likeness (QED) is 0.810. The highest BCUT2D eigenvalue weighted by Crippen LogP contribution is 2.17. The standard InChI is InChI=1S/C14H19NO3/c1-11(16)15-14(13-8-5-9-17-13)18-10-12-6-3-2-4-7-12/h2-4,6-7,13-14H,5,8-10H2,1H3,(H,15,16). The number of amides is 1. The highest BCUT2D eigenvalue weighted by Gasteiger charge is 2.27. The Kier molecular flexibility index (Phi) is 4.73. The fourth-order valence-corrected chi connectivity index (χ4v) is 2.04. The van der Waals surface area contributed by atoms with Crippen LogP contribution in [0.15, 0.2) is 30.3 Å². The van der Waals surface area contributed by atoms with Crippen molar-refractivity contribution in [1.29, 1.82) is 0 Å². The van der Waals surface area contributed by atoms with Crippen LogP contribution in [-0.2, 0) is 20.9 Å². The Labute approximate surface area is 107 Å². The number of rotatable bonds is 5. The summed E-state index contributed by atoms with van der Waals surface area (Å²) in [5.41, 5.74) is 1.09. The lowest BCUT2D eigenvalue weighted by Crippen LogP contribution is -2.44. The number of hydrogen-bond donors (Lipinski definition) is 1. The molecule has 98 valence electrons. The average molecular weight is 249 g/mol. The van der Waals surface area contributed by atoms with Crippen LogP contribution in [-0.4, -0.2) is 24.8 Å². The van der Waals surface area contributed by atoms with E-state index in [4.69, 9.17) is 9.47 Å². The molecular formula is C14H19NO3. The van der Waals surface area contributed by atoms with Gasteiger partial charge in [0.05, 0.1) is 6.61 Å². The summed E-state index contributed by atoms with van der Waals surface area (Å²) in [6.07, 6.45) is 1.57. The number of ether oxygens (including phenoxy) is 2. The number of carbonyl (C=O) groups is 1. The van der Waals surface area contributed by atoms with Gasteiger partial charge in [0, 0.05) is 13.5 Å².